The van der Waals surface area contributed by atoms with Gasteiger partial charge in [0.05, 0.1) is 12.5 Å². The minimum Gasteiger partial charge on any atom is -0.463 e. The minimum atomic E-state index is -1.19. The summed E-state index contributed by atoms with van der Waals surface area (Å²) in [7, 11) is 0. The molecule has 0 radical (unpaired) electrons. The lowest BCUT2D eigenvalue weighted by Crippen LogP contribution is -2.59. The van der Waals surface area contributed by atoms with E-state index in [2.05, 4.69) is 5.32 Å². The van der Waals surface area contributed by atoms with Crippen molar-refractivity contribution >= 4 is 29.9 Å². The predicted octanol–water partition coefficient (Wildman–Crippen LogP) is 0.963. The number of nitrogens with two attached hydrogens (primary N) is 1. The van der Waals surface area contributed by atoms with Crippen molar-refractivity contribution in [2.75, 3.05) is 19.8 Å². The molecule has 0 spiro atoms. The molecule has 0 aromatic heterocycles. The van der Waals surface area contributed by atoms with Crippen molar-refractivity contribution in [3.8, 4) is 0 Å². The van der Waals surface area contributed by atoms with Gasteiger partial charge in [0.15, 0.2) is 12.4 Å². The minimum absolute atomic E-state index is 0.0597. The molecule has 1 unspecified atom stereocenters. The number of alkyl carbamates (subject to hydrolysis) is 1. The Labute approximate surface area is 220 Å². The molecule has 1 aromatic rings. The van der Waals surface area contributed by atoms with Gasteiger partial charge in [-0.15, -0.1) is 0 Å². The molecule has 3 N–H and O–H groups in total. The molecule has 2 amide bonds. The lowest BCUT2D eigenvalue weighted by molar-refractivity contribution is -0.291. The Hall–Kier alpha value is -3.71. The quantitative estimate of drug-likeness (QED) is 0.208. The summed E-state index contributed by atoms with van der Waals surface area (Å²) in [6, 6.07) is 9.19. The molecule has 0 bridgehead atoms. The SMILES string of the molecule is CC(=O)OC[C@H]1OC(OCCCNC(=O)OCc2ccccc2)[C@H](CC(N)=O)[C@@H](OC(C)=O)[C@H]1OC(C)=O. The average molecular weight is 539 g/mol. The first kappa shape index (κ1) is 30.5. The number of benzene rings is 1. The van der Waals surface area contributed by atoms with E-state index < -0.39 is 60.4 Å². The highest BCUT2D eigenvalue weighted by atomic mass is 16.7. The largest absolute Gasteiger partial charge is 0.463 e. The van der Waals surface area contributed by atoms with Gasteiger partial charge in [-0.1, -0.05) is 30.3 Å². The first-order valence-corrected chi connectivity index (χ1v) is 12.0. The number of primary amides is 1. The molecular formula is C25H34N2O11. The Balaban J connectivity index is 2.01. The molecule has 1 aromatic carbocycles. The van der Waals surface area contributed by atoms with E-state index in [4.69, 9.17) is 34.2 Å². The molecule has 5 atom stereocenters. The molecule has 210 valence electrons. The number of rotatable bonds is 13. The van der Waals surface area contributed by atoms with E-state index in [1.165, 1.54) is 6.92 Å². The number of carbonyl (C=O) groups excluding carboxylic acids is 5. The summed E-state index contributed by atoms with van der Waals surface area (Å²) in [4.78, 5) is 58.7. The summed E-state index contributed by atoms with van der Waals surface area (Å²) in [5.74, 6) is -3.68. The van der Waals surface area contributed by atoms with Crippen LogP contribution in [0.3, 0.4) is 0 Å². The van der Waals surface area contributed by atoms with Crippen LogP contribution in [0.4, 0.5) is 4.79 Å². The molecule has 0 aliphatic carbocycles. The fourth-order valence-electron chi connectivity index (χ4n) is 3.82. The Morgan fingerprint density at radius 2 is 1.58 bits per heavy atom. The van der Waals surface area contributed by atoms with Crippen LogP contribution in [0.25, 0.3) is 0 Å². The van der Waals surface area contributed by atoms with Crippen LogP contribution in [0.15, 0.2) is 30.3 Å². The molecular weight excluding hydrogens is 504 g/mol. The van der Waals surface area contributed by atoms with Crippen molar-refractivity contribution < 1.29 is 52.4 Å². The van der Waals surface area contributed by atoms with Crippen molar-refractivity contribution in [1.29, 1.82) is 0 Å². The number of carbonyl (C=O) groups is 5. The summed E-state index contributed by atoms with van der Waals surface area (Å²) in [5, 5.41) is 2.60. The van der Waals surface area contributed by atoms with Crippen LogP contribution in [0.5, 0.6) is 0 Å². The average Bonchev–Trinajstić information content (AvgIpc) is 2.84. The van der Waals surface area contributed by atoms with Crippen molar-refractivity contribution in [3.05, 3.63) is 35.9 Å². The summed E-state index contributed by atoms with van der Waals surface area (Å²) in [5.41, 5.74) is 6.26. The van der Waals surface area contributed by atoms with Gasteiger partial charge in [-0.05, 0) is 12.0 Å². The first-order chi connectivity index (χ1) is 18.1. The lowest BCUT2D eigenvalue weighted by Gasteiger charge is -2.44. The summed E-state index contributed by atoms with van der Waals surface area (Å²) in [6.45, 7) is 3.56. The summed E-state index contributed by atoms with van der Waals surface area (Å²) < 4.78 is 32.6. The maximum Gasteiger partial charge on any atom is 0.407 e. The second-order valence-corrected chi connectivity index (χ2v) is 8.54. The van der Waals surface area contributed by atoms with Crippen molar-refractivity contribution in [3.63, 3.8) is 0 Å². The molecule has 2 rings (SSSR count). The fourth-order valence-corrected chi connectivity index (χ4v) is 3.82. The van der Waals surface area contributed by atoms with Gasteiger partial charge in [-0.3, -0.25) is 19.2 Å². The molecule has 38 heavy (non-hydrogen) atoms. The number of hydrogen-bond donors (Lipinski definition) is 2. The third kappa shape index (κ3) is 10.7. The number of amides is 2. The van der Waals surface area contributed by atoms with Gasteiger partial charge in [0.25, 0.3) is 0 Å². The molecule has 1 heterocycles. The van der Waals surface area contributed by atoms with Gasteiger partial charge in [0.1, 0.15) is 25.4 Å². The second-order valence-electron chi connectivity index (χ2n) is 8.54. The van der Waals surface area contributed by atoms with E-state index in [0.717, 1.165) is 19.4 Å². The van der Waals surface area contributed by atoms with E-state index in [1.807, 2.05) is 30.3 Å². The zero-order valence-corrected chi connectivity index (χ0v) is 21.6. The van der Waals surface area contributed by atoms with Crippen molar-refractivity contribution in [2.24, 2.45) is 11.7 Å². The van der Waals surface area contributed by atoms with E-state index >= 15 is 0 Å². The molecule has 13 heteroatoms. The van der Waals surface area contributed by atoms with Crippen molar-refractivity contribution in [2.45, 2.75) is 64.8 Å². The number of esters is 3. The molecule has 1 aliphatic rings. The van der Waals surface area contributed by atoms with Crippen LogP contribution in [-0.2, 0) is 54.2 Å². The van der Waals surface area contributed by atoms with Crippen LogP contribution in [0.2, 0.25) is 0 Å². The van der Waals surface area contributed by atoms with E-state index in [-0.39, 0.29) is 32.8 Å². The monoisotopic (exact) mass is 538 g/mol. The van der Waals surface area contributed by atoms with Crippen LogP contribution in [0, 0.1) is 5.92 Å². The van der Waals surface area contributed by atoms with Crippen LogP contribution in [0.1, 0.15) is 39.2 Å². The Kier molecular flexibility index (Phi) is 12.5. The predicted molar refractivity (Wildman–Crippen MR) is 129 cm³/mol. The molecule has 13 nitrogen and oxygen atoms in total. The van der Waals surface area contributed by atoms with Gasteiger partial charge >= 0.3 is 24.0 Å². The second kappa shape index (κ2) is 15.5. The Morgan fingerprint density at radius 1 is 0.921 bits per heavy atom. The number of nitrogens with one attached hydrogen (secondary N) is 1. The molecule has 1 saturated heterocycles. The number of hydrogen-bond acceptors (Lipinski definition) is 11. The molecule has 1 fully saturated rings. The topological polar surface area (TPSA) is 179 Å². The van der Waals surface area contributed by atoms with Crippen LogP contribution in [-0.4, -0.2) is 74.3 Å². The van der Waals surface area contributed by atoms with Gasteiger partial charge in [0, 0.05) is 33.7 Å². The summed E-state index contributed by atoms with van der Waals surface area (Å²) >= 11 is 0. The fraction of sp³-hybridized carbons (Fsp3) is 0.560. The van der Waals surface area contributed by atoms with E-state index in [0.29, 0.717) is 6.42 Å². The zero-order valence-electron chi connectivity index (χ0n) is 21.6. The van der Waals surface area contributed by atoms with E-state index in [9.17, 15) is 24.0 Å². The first-order valence-electron chi connectivity index (χ1n) is 12.0. The number of ether oxygens (including phenoxy) is 6. The third-order valence-corrected chi connectivity index (χ3v) is 5.35. The van der Waals surface area contributed by atoms with Gasteiger partial charge < -0.3 is 39.5 Å². The van der Waals surface area contributed by atoms with Crippen LogP contribution >= 0.6 is 0 Å². The third-order valence-electron chi connectivity index (χ3n) is 5.35. The highest BCUT2D eigenvalue weighted by molar-refractivity contribution is 5.74. The normalized spacial score (nSPS) is 22.6. The standard InChI is InChI=1S/C25H34N2O11/c1-15(28)34-14-20-23(37-17(3)30)22(36-16(2)29)19(12-21(26)31)24(38-20)33-11-7-10-27-25(32)35-13-18-8-5-4-6-9-18/h4-6,8-9,19-20,22-24H,7,10-14H2,1-3H3,(H2,26,31)(H,27,32)/t19-,20-,22-,23+,24?/m1/s1. The summed E-state index contributed by atoms with van der Waals surface area (Å²) in [6.07, 6.45) is -5.14. The highest BCUT2D eigenvalue weighted by Gasteiger charge is 2.51. The maximum absolute atomic E-state index is 11.9. The highest BCUT2D eigenvalue weighted by Crippen LogP contribution is 2.34. The van der Waals surface area contributed by atoms with Gasteiger partial charge in [0.2, 0.25) is 5.91 Å². The van der Waals surface area contributed by atoms with E-state index in [1.54, 1.807) is 0 Å². The Morgan fingerprint density at radius 3 is 2.18 bits per heavy atom. The smallest absolute Gasteiger partial charge is 0.407 e. The van der Waals surface area contributed by atoms with Gasteiger partial charge in [-0.2, -0.15) is 0 Å². The van der Waals surface area contributed by atoms with Crippen LogP contribution < -0.4 is 11.1 Å². The van der Waals surface area contributed by atoms with Gasteiger partial charge in [-0.25, -0.2) is 4.79 Å². The molecule has 0 saturated carbocycles. The van der Waals surface area contributed by atoms with Crippen molar-refractivity contribution in [1.82, 2.24) is 5.32 Å². The lowest BCUT2D eigenvalue weighted by atomic mass is 9.87. The zero-order chi connectivity index (χ0) is 28.1. The Bertz CT molecular complexity index is 956. The maximum atomic E-state index is 11.9. The molecule has 1 aliphatic heterocycles.